The molecule has 0 bridgehead atoms. The molecule has 1 aliphatic rings. The van der Waals surface area contributed by atoms with Gasteiger partial charge in [0.1, 0.15) is 0 Å². The van der Waals surface area contributed by atoms with Crippen molar-refractivity contribution in [3.8, 4) is 0 Å². The summed E-state index contributed by atoms with van der Waals surface area (Å²) in [7, 11) is 0. The van der Waals surface area contributed by atoms with Gasteiger partial charge in [-0.2, -0.15) is 0 Å². The molecule has 70 valence electrons. The molecular weight excluding hydrogens is 178 g/mol. The van der Waals surface area contributed by atoms with Gasteiger partial charge in [-0.3, -0.25) is 0 Å². The average Bonchev–Trinajstić information content (AvgIpc) is 2.16. The van der Waals surface area contributed by atoms with Gasteiger partial charge in [-0.05, 0) is 31.0 Å². The molecule has 13 heavy (non-hydrogen) atoms. The van der Waals surface area contributed by atoms with E-state index in [1.807, 2.05) is 11.8 Å². The Kier molecular flexibility index (Phi) is 2.49. The van der Waals surface area contributed by atoms with Crippen molar-refractivity contribution >= 4 is 17.4 Å². The minimum atomic E-state index is 0.745. The van der Waals surface area contributed by atoms with Gasteiger partial charge in [0.05, 0.1) is 0 Å². The number of aryl methyl sites for hydroxylation is 1. The van der Waals surface area contributed by atoms with Crippen LogP contribution in [-0.4, -0.2) is 11.8 Å². The Morgan fingerprint density at radius 1 is 1.54 bits per heavy atom. The molecule has 0 saturated carbocycles. The molecule has 0 fully saturated rings. The van der Waals surface area contributed by atoms with Gasteiger partial charge in [0.25, 0.3) is 0 Å². The van der Waals surface area contributed by atoms with Gasteiger partial charge in [0, 0.05) is 22.4 Å². The highest BCUT2D eigenvalue weighted by Crippen LogP contribution is 2.36. The first-order chi connectivity index (χ1) is 6.29. The molecule has 2 heteroatoms. The highest BCUT2D eigenvalue weighted by Gasteiger charge is 2.16. The van der Waals surface area contributed by atoms with E-state index in [-0.39, 0.29) is 0 Å². The Morgan fingerprint density at radius 3 is 3.15 bits per heavy atom. The number of fused-ring (bicyclic) bond motifs is 1. The fraction of sp³-hybridized carbons (Fsp3) is 0.455. The molecule has 2 rings (SSSR count). The smallest absolute Gasteiger partial charge is 0.0479 e. The summed E-state index contributed by atoms with van der Waals surface area (Å²) in [5.74, 6) is 0. The summed E-state index contributed by atoms with van der Waals surface area (Å²) >= 11 is 2.01. The normalized spacial score (nSPS) is 20.6. The number of benzene rings is 1. The summed E-state index contributed by atoms with van der Waals surface area (Å²) in [6, 6.07) is 6.62. The van der Waals surface area contributed by atoms with E-state index in [1.165, 1.54) is 22.6 Å². The maximum atomic E-state index is 3.47. The van der Waals surface area contributed by atoms with Gasteiger partial charge in [0.2, 0.25) is 0 Å². The van der Waals surface area contributed by atoms with Crippen LogP contribution >= 0.6 is 11.8 Å². The van der Waals surface area contributed by atoms with Gasteiger partial charge in [-0.1, -0.05) is 13.0 Å². The van der Waals surface area contributed by atoms with Gasteiger partial charge in [-0.25, -0.2) is 0 Å². The first-order valence-electron chi connectivity index (χ1n) is 4.81. The van der Waals surface area contributed by atoms with E-state index in [2.05, 4.69) is 37.4 Å². The lowest BCUT2D eigenvalue weighted by Crippen LogP contribution is -2.20. The molecule has 0 radical (unpaired) electrons. The van der Waals surface area contributed by atoms with Crippen molar-refractivity contribution < 1.29 is 0 Å². The van der Waals surface area contributed by atoms with Gasteiger partial charge < -0.3 is 5.32 Å². The lowest BCUT2D eigenvalue weighted by Gasteiger charge is -2.24. The third kappa shape index (κ3) is 1.83. The van der Waals surface area contributed by atoms with Crippen molar-refractivity contribution in [1.29, 1.82) is 0 Å². The molecule has 1 unspecified atom stereocenters. The minimum absolute atomic E-state index is 0.745. The quantitative estimate of drug-likeness (QED) is 0.734. The van der Waals surface area contributed by atoms with E-state index < -0.39 is 0 Å². The fourth-order valence-electron chi connectivity index (χ4n) is 1.55. The summed E-state index contributed by atoms with van der Waals surface area (Å²) in [5, 5.41) is 4.21. The summed E-state index contributed by atoms with van der Waals surface area (Å²) in [6.07, 6.45) is 1.24. The van der Waals surface area contributed by atoms with E-state index in [9.17, 15) is 0 Å². The first-order valence-corrected chi connectivity index (χ1v) is 5.68. The van der Waals surface area contributed by atoms with Gasteiger partial charge in [0.15, 0.2) is 0 Å². The number of anilines is 1. The number of thioether (sulfide) groups is 1. The zero-order valence-electron chi connectivity index (χ0n) is 8.13. The second kappa shape index (κ2) is 3.62. The first kappa shape index (κ1) is 8.95. The van der Waals surface area contributed by atoms with Gasteiger partial charge >= 0.3 is 0 Å². The van der Waals surface area contributed by atoms with Crippen molar-refractivity contribution in [3.05, 3.63) is 23.8 Å². The van der Waals surface area contributed by atoms with Crippen molar-refractivity contribution in [2.45, 2.75) is 30.4 Å². The Labute approximate surface area is 83.9 Å². The van der Waals surface area contributed by atoms with Crippen molar-refractivity contribution in [2.75, 3.05) is 11.9 Å². The molecule has 1 aliphatic heterocycles. The van der Waals surface area contributed by atoms with E-state index >= 15 is 0 Å². The van der Waals surface area contributed by atoms with Crippen LogP contribution in [0.5, 0.6) is 0 Å². The molecule has 1 N–H and O–H groups in total. The average molecular weight is 193 g/mol. The van der Waals surface area contributed by atoms with Crippen molar-refractivity contribution in [2.24, 2.45) is 0 Å². The Bertz CT molecular complexity index is 309. The molecule has 0 saturated heterocycles. The Morgan fingerprint density at radius 2 is 2.38 bits per heavy atom. The third-order valence-electron chi connectivity index (χ3n) is 2.41. The summed E-state index contributed by atoms with van der Waals surface area (Å²) in [5.41, 5.74) is 2.66. The molecule has 1 aromatic carbocycles. The lowest BCUT2D eigenvalue weighted by atomic mass is 10.2. The Balaban J connectivity index is 2.27. The predicted molar refractivity (Wildman–Crippen MR) is 59.6 cm³/mol. The monoisotopic (exact) mass is 193 g/mol. The largest absolute Gasteiger partial charge is 0.383 e. The maximum absolute atomic E-state index is 3.47. The van der Waals surface area contributed by atoms with E-state index in [4.69, 9.17) is 0 Å². The van der Waals surface area contributed by atoms with Crippen LogP contribution in [0.15, 0.2) is 23.1 Å². The zero-order valence-corrected chi connectivity index (χ0v) is 8.95. The molecule has 1 atom stereocenters. The molecule has 1 nitrogen and oxygen atoms in total. The topological polar surface area (TPSA) is 12.0 Å². The molecular formula is C11H15NS. The van der Waals surface area contributed by atoms with Crippen LogP contribution in [0.25, 0.3) is 0 Å². The highest BCUT2D eigenvalue weighted by atomic mass is 32.2. The van der Waals surface area contributed by atoms with Crippen LogP contribution in [0.4, 0.5) is 5.69 Å². The standard InChI is InChI=1S/C11H15NS/c1-3-9-7-12-10-5-4-8(2)6-11(10)13-9/h4-6,9,12H,3,7H2,1-2H3. The maximum Gasteiger partial charge on any atom is 0.0479 e. The molecule has 0 aliphatic carbocycles. The minimum Gasteiger partial charge on any atom is -0.383 e. The zero-order chi connectivity index (χ0) is 9.26. The molecule has 0 aromatic heterocycles. The number of hydrogen-bond acceptors (Lipinski definition) is 2. The fourth-order valence-corrected chi connectivity index (χ4v) is 2.76. The van der Waals surface area contributed by atoms with E-state index in [0.717, 1.165) is 11.8 Å². The molecule has 0 spiro atoms. The highest BCUT2D eigenvalue weighted by molar-refractivity contribution is 8.00. The summed E-state index contributed by atoms with van der Waals surface area (Å²) in [6.45, 7) is 5.51. The predicted octanol–water partition coefficient (Wildman–Crippen LogP) is 3.29. The SMILES string of the molecule is CCC1CNc2ccc(C)cc2S1. The van der Waals surface area contributed by atoms with Crippen LogP contribution in [0.2, 0.25) is 0 Å². The van der Waals surface area contributed by atoms with Crippen molar-refractivity contribution in [1.82, 2.24) is 0 Å². The van der Waals surface area contributed by atoms with Crippen molar-refractivity contribution in [3.63, 3.8) is 0 Å². The molecule has 0 amide bonds. The second-order valence-corrected chi connectivity index (χ2v) is 4.87. The third-order valence-corrected chi connectivity index (χ3v) is 3.83. The number of rotatable bonds is 1. The Hall–Kier alpha value is -0.630. The molecule has 1 heterocycles. The van der Waals surface area contributed by atoms with Crippen LogP contribution in [0.3, 0.4) is 0 Å². The van der Waals surface area contributed by atoms with Crippen LogP contribution in [-0.2, 0) is 0 Å². The summed E-state index contributed by atoms with van der Waals surface area (Å²) in [4.78, 5) is 1.41. The van der Waals surface area contributed by atoms with Crippen LogP contribution in [0, 0.1) is 6.92 Å². The molecule has 1 aromatic rings. The number of nitrogens with one attached hydrogen (secondary N) is 1. The second-order valence-electron chi connectivity index (χ2n) is 3.53. The summed E-state index contributed by atoms with van der Waals surface area (Å²) < 4.78 is 0. The van der Waals surface area contributed by atoms with Crippen LogP contribution < -0.4 is 5.32 Å². The lowest BCUT2D eigenvalue weighted by molar-refractivity contribution is 0.842. The van der Waals surface area contributed by atoms with Crippen LogP contribution in [0.1, 0.15) is 18.9 Å². The van der Waals surface area contributed by atoms with E-state index in [0.29, 0.717) is 0 Å². The van der Waals surface area contributed by atoms with E-state index in [1.54, 1.807) is 0 Å². The number of hydrogen-bond donors (Lipinski definition) is 1. The van der Waals surface area contributed by atoms with Gasteiger partial charge in [-0.15, -0.1) is 11.8 Å².